The number of nitrogens with zero attached hydrogens (tertiary/aromatic N) is 3. The lowest BCUT2D eigenvalue weighted by molar-refractivity contribution is -0.384. The number of thiocarbonyl (C=S) groups is 1. The van der Waals surface area contributed by atoms with E-state index < -0.39 is 4.92 Å². The van der Waals surface area contributed by atoms with E-state index in [0.717, 1.165) is 12.1 Å². The van der Waals surface area contributed by atoms with Crippen molar-refractivity contribution in [1.29, 1.82) is 0 Å². The summed E-state index contributed by atoms with van der Waals surface area (Å²) in [5, 5.41) is 11.2. The number of nitro groups is 1. The Morgan fingerprint density at radius 2 is 2.12 bits per heavy atom. The molecule has 0 radical (unpaired) electrons. The van der Waals surface area contributed by atoms with E-state index in [1.807, 2.05) is 6.92 Å². The zero-order valence-electron chi connectivity index (χ0n) is 14.3. The summed E-state index contributed by atoms with van der Waals surface area (Å²) in [6, 6.07) is 4.74. The molecule has 0 unspecified atom stereocenters. The molecule has 0 spiro atoms. The van der Waals surface area contributed by atoms with Crippen molar-refractivity contribution in [2.24, 2.45) is 0 Å². The van der Waals surface area contributed by atoms with Gasteiger partial charge >= 0.3 is 0 Å². The number of benzene rings is 1. The predicted molar refractivity (Wildman–Crippen MR) is 106 cm³/mol. The van der Waals surface area contributed by atoms with E-state index in [0.29, 0.717) is 47.6 Å². The van der Waals surface area contributed by atoms with Gasteiger partial charge in [0.15, 0.2) is 0 Å². The lowest BCUT2D eigenvalue weighted by atomic mass is 10.1. The minimum Gasteiger partial charge on any atom is -0.378 e. The van der Waals surface area contributed by atoms with Gasteiger partial charge in [0, 0.05) is 43.0 Å². The number of amides is 1. The van der Waals surface area contributed by atoms with E-state index in [1.165, 1.54) is 23.9 Å². The van der Waals surface area contributed by atoms with Crippen molar-refractivity contribution in [2.75, 3.05) is 37.7 Å². The van der Waals surface area contributed by atoms with Gasteiger partial charge in [-0.25, -0.2) is 0 Å². The summed E-state index contributed by atoms with van der Waals surface area (Å²) in [6.07, 6.45) is 2.53. The number of carbonyl (C=O) groups is 1. The quantitative estimate of drug-likeness (QED) is 0.329. The fraction of sp³-hybridized carbons (Fsp3) is 0.412. The topological polar surface area (TPSA) is 75.9 Å². The second-order valence-corrected chi connectivity index (χ2v) is 7.61. The number of morpholine rings is 1. The number of anilines is 1. The van der Waals surface area contributed by atoms with Crippen molar-refractivity contribution in [1.82, 2.24) is 4.90 Å². The van der Waals surface area contributed by atoms with Crippen LogP contribution in [0.25, 0.3) is 6.08 Å². The highest BCUT2D eigenvalue weighted by Gasteiger charge is 2.31. The van der Waals surface area contributed by atoms with Gasteiger partial charge in [0.05, 0.1) is 23.0 Å². The highest BCUT2D eigenvalue weighted by Crippen LogP contribution is 2.35. The van der Waals surface area contributed by atoms with Crippen molar-refractivity contribution in [2.45, 2.75) is 13.3 Å². The van der Waals surface area contributed by atoms with Crippen LogP contribution in [0.4, 0.5) is 11.4 Å². The van der Waals surface area contributed by atoms with Crippen LogP contribution in [0.2, 0.25) is 0 Å². The van der Waals surface area contributed by atoms with Crippen molar-refractivity contribution in [3.05, 3.63) is 38.8 Å². The average Bonchev–Trinajstić information content (AvgIpc) is 2.90. The van der Waals surface area contributed by atoms with Crippen molar-refractivity contribution in [3.63, 3.8) is 0 Å². The maximum absolute atomic E-state index is 12.6. The molecular weight excluding hydrogens is 374 g/mol. The molecule has 1 aromatic rings. The molecule has 1 amide bonds. The maximum atomic E-state index is 12.6. The fourth-order valence-corrected chi connectivity index (χ4v) is 4.22. The SMILES string of the molecule is CCCN1C(=O)/C(=C\c2cc([N+](=O)[O-])ccc2N2CCOCC2)SC1=S. The van der Waals surface area contributed by atoms with Crippen LogP contribution < -0.4 is 4.90 Å². The number of non-ortho nitro benzene ring substituents is 1. The molecule has 0 atom stereocenters. The molecule has 26 heavy (non-hydrogen) atoms. The molecule has 1 aromatic carbocycles. The van der Waals surface area contributed by atoms with E-state index in [1.54, 1.807) is 17.0 Å². The smallest absolute Gasteiger partial charge is 0.270 e. The highest BCUT2D eigenvalue weighted by molar-refractivity contribution is 8.26. The summed E-state index contributed by atoms with van der Waals surface area (Å²) in [6.45, 7) is 5.18. The molecule has 3 rings (SSSR count). The van der Waals surface area contributed by atoms with Gasteiger partial charge in [-0.3, -0.25) is 19.8 Å². The molecule has 138 valence electrons. The number of hydrogen-bond donors (Lipinski definition) is 0. The Morgan fingerprint density at radius 1 is 1.38 bits per heavy atom. The van der Waals surface area contributed by atoms with Crippen molar-refractivity contribution < 1.29 is 14.5 Å². The largest absolute Gasteiger partial charge is 0.378 e. The Kier molecular flexibility index (Phi) is 5.90. The second-order valence-electron chi connectivity index (χ2n) is 5.93. The monoisotopic (exact) mass is 393 g/mol. The number of nitro benzene ring substituents is 1. The number of hydrogen-bond acceptors (Lipinski definition) is 7. The van der Waals surface area contributed by atoms with Crippen LogP contribution in [0.15, 0.2) is 23.1 Å². The van der Waals surface area contributed by atoms with Gasteiger partial charge < -0.3 is 9.64 Å². The third-order valence-electron chi connectivity index (χ3n) is 4.18. The molecule has 7 nitrogen and oxygen atoms in total. The summed E-state index contributed by atoms with van der Waals surface area (Å²) in [5.74, 6) is -0.138. The first-order valence-corrected chi connectivity index (χ1v) is 9.60. The molecule has 2 heterocycles. The van der Waals surface area contributed by atoms with E-state index in [4.69, 9.17) is 17.0 Å². The normalized spacial score (nSPS) is 19.5. The molecular formula is C17H19N3O4S2. The Labute approximate surface area is 161 Å². The standard InChI is InChI=1S/C17H19N3O4S2/c1-2-5-19-16(21)15(26-17(19)25)11-12-10-13(20(22)23)3-4-14(12)18-6-8-24-9-7-18/h3-4,10-11H,2,5-9H2,1H3/b15-11+. The zero-order chi connectivity index (χ0) is 18.7. The highest BCUT2D eigenvalue weighted by atomic mass is 32.2. The zero-order valence-corrected chi connectivity index (χ0v) is 16.0. The molecule has 0 bridgehead atoms. The van der Waals surface area contributed by atoms with E-state index in [9.17, 15) is 14.9 Å². The Balaban J connectivity index is 1.99. The molecule has 2 saturated heterocycles. The maximum Gasteiger partial charge on any atom is 0.270 e. The lowest BCUT2D eigenvalue weighted by Gasteiger charge is -2.30. The molecule has 2 aliphatic rings. The van der Waals surface area contributed by atoms with Gasteiger partial charge in [-0.05, 0) is 18.6 Å². The molecule has 9 heteroatoms. The van der Waals surface area contributed by atoms with Crippen LogP contribution in [-0.4, -0.2) is 52.9 Å². The first kappa shape index (κ1) is 18.8. The number of ether oxygens (including phenoxy) is 1. The van der Waals surface area contributed by atoms with E-state index in [-0.39, 0.29) is 11.6 Å². The number of rotatable bonds is 5. The number of thioether (sulfide) groups is 1. The first-order chi connectivity index (χ1) is 12.5. The lowest BCUT2D eigenvalue weighted by Crippen LogP contribution is -2.36. The molecule has 2 fully saturated rings. The summed E-state index contributed by atoms with van der Waals surface area (Å²) in [4.78, 5) is 27.5. The van der Waals surface area contributed by atoms with Crippen LogP contribution in [-0.2, 0) is 9.53 Å². The minimum absolute atomic E-state index is 0.00250. The van der Waals surface area contributed by atoms with Gasteiger partial charge in [-0.15, -0.1) is 0 Å². The van der Waals surface area contributed by atoms with Crippen LogP contribution in [0.5, 0.6) is 0 Å². The van der Waals surface area contributed by atoms with Crippen molar-refractivity contribution in [3.8, 4) is 0 Å². The van der Waals surface area contributed by atoms with Crippen LogP contribution in [0.3, 0.4) is 0 Å². The Bertz CT molecular complexity index is 775. The van der Waals surface area contributed by atoms with E-state index >= 15 is 0 Å². The molecule has 0 N–H and O–H groups in total. The van der Waals surface area contributed by atoms with Crippen LogP contribution in [0.1, 0.15) is 18.9 Å². The molecule has 0 saturated carbocycles. The minimum atomic E-state index is -0.428. The van der Waals surface area contributed by atoms with Crippen LogP contribution in [0, 0.1) is 10.1 Å². The number of carbonyl (C=O) groups excluding carboxylic acids is 1. The predicted octanol–water partition coefficient (Wildman–Crippen LogP) is 3.04. The van der Waals surface area contributed by atoms with Gasteiger partial charge in [0.1, 0.15) is 4.32 Å². The summed E-state index contributed by atoms with van der Waals surface area (Å²) < 4.78 is 5.91. The van der Waals surface area contributed by atoms with Gasteiger partial charge in [-0.2, -0.15) is 0 Å². The van der Waals surface area contributed by atoms with E-state index in [2.05, 4.69) is 4.90 Å². The first-order valence-electron chi connectivity index (χ1n) is 8.37. The Hall–Kier alpha value is -1.97. The molecule has 2 aliphatic heterocycles. The third-order valence-corrected chi connectivity index (χ3v) is 5.56. The summed E-state index contributed by atoms with van der Waals surface area (Å²) in [7, 11) is 0. The second kappa shape index (κ2) is 8.15. The third kappa shape index (κ3) is 3.89. The summed E-state index contributed by atoms with van der Waals surface area (Å²) >= 11 is 6.54. The van der Waals surface area contributed by atoms with Gasteiger partial charge in [0.25, 0.3) is 11.6 Å². The van der Waals surface area contributed by atoms with Gasteiger partial charge in [0.2, 0.25) is 0 Å². The molecule has 0 aromatic heterocycles. The van der Waals surface area contributed by atoms with Crippen molar-refractivity contribution >= 4 is 51.7 Å². The Morgan fingerprint density at radius 3 is 2.77 bits per heavy atom. The average molecular weight is 393 g/mol. The van der Waals surface area contributed by atoms with Crippen LogP contribution >= 0.6 is 24.0 Å². The fourth-order valence-electron chi connectivity index (χ4n) is 2.92. The van der Waals surface area contributed by atoms with Gasteiger partial charge in [-0.1, -0.05) is 30.9 Å². The summed E-state index contributed by atoms with van der Waals surface area (Å²) in [5.41, 5.74) is 1.51. The molecule has 0 aliphatic carbocycles.